The summed E-state index contributed by atoms with van der Waals surface area (Å²) in [6.45, 7) is 2.46. The molecule has 3 aromatic carbocycles. The van der Waals surface area contributed by atoms with Crippen LogP contribution in [0, 0.1) is 0 Å². The quantitative estimate of drug-likeness (QED) is 0.151. The number of rotatable bonds is 15. The Bertz CT molecular complexity index is 1720. The van der Waals surface area contributed by atoms with Crippen molar-refractivity contribution in [3.8, 4) is 5.75 Å². The Morgan fingerprint density at radius 3 is 2.33 bits per heavy atom. The molecule has 4 N–H and O–H groups in total. The Hall–Kier alpha value is -4.30. The van der Waals surface area contributed by atoms with E-state index in [1.807, 2.05) is 66.9 Å². The van der Waals surface area contributed by atoms with Crippen molar-refractivity contribution in [2.45, 2.75) is 38.1 Å². The molecule has 0 radical (unpaired) electrons. The van der Waals surface area contributed by atoms with E-state index in [0.717, 1.165) is 27.4 Å². The van der Waals surface area contributed by atoms with Crippen LogP contribution in [-0.2, 0) is 23.0 Å². The number of amides is 2. The van der Waals surface area contributed by atoms with Gasteiger partial charge in [0.1, 0.15) is 5.75 Å². The van der Waals surface area contributed by atoms with Gasteiger partial charge in [0.15, 0.2) is 0 Å². The summed E-state index contributed by atoms with van der Waals surface area (Å²) in [6.07, 6.45) is 0.283. The number of hydrogen-bond donors (Lipinski definition) is 4. The van der Waals surface area contributed by atoms with Gasteiger partial charge in [0.2, 0.25) is 10.0 Å². The van der Waals surface area contributed by atoms with Crippen LogP contribution in [0.4, 0.5) is 5.69 Å². The second kappa shape index (κ2) is 15.8. The minimum atomic E-state index is -3.71. The van der Waals surface area contributed by atoms with E-state index in [1.54, 1.807) is 12.6 Å². The van der Waals surface area contributed by atoms with Crippen LogP contribution in [0.5, 0.6) is 5.75 Å². The Morgan fingerprint density at radius 1 is 1.00 bits per heavy atom. The fourth-order valence-electron chi connectivity index (χ4n) is 4.74. The van der Waals surface area contributed by atoms with Crippen LogP contribution in [-0.4, -0.2) is 69.4 Å². The number of nitrogens with one attached hydrogen (secondary N) is 3. The summed E-state index contributed by atoms with van der Waals surface area (Å²) in [6, 6.07) is 20.1. The second-order valence-corrected chi connectivity index (χ2v) is 13.7. The van der Waals surface area contributed by atoms with E-state index in [-0.39, 0.29) is 35.8 Å². The first-order chi connectivity index (χ1) is 21.9. The van der Waals surface area contributed by atoms with Crippen molar-refractivity contribution >= 4 is 38.9 Å². The first-order valence-corrected chi connectivity index (χ1v) is 17.4. The Balaban J connectivity index is 1.56. The molecule has 3 atom stereocenters. The van der Waals surface area contributed by atoms with Crippen LogP contribution in [0.1, 0.15) is 50.5 Å². The molecule has 0 aliphatic carbocycles. The fourth-order valence-corrected chi connectivity index (χ4v) is 5.80. The predicted molar refractivity (Wildman–Crippen MR) is 180 cm³/mol. The average molecular weight is 666 g/mol. The third-order valence-corrected chi connectivity index (χ3v) is 9.30. The van der Waals surface area contributed by atoms with Crippen molar-refractivity contribution in [1.29, 1.82) is 0 Å². The van der Waals surface area contributed by atoms with Crippen LogP contribution < -0.4 is 25.0 Å². The Morgan fingerprint density at radius 2 is 1.70 bits per heavy atom. The highest BCUT2D eigenvalue weighted by Crippen LogP contribution is 2.22. The van der Waals surface area contributed by atoms with E-state index in [4.69, 9.17) is 4.74 Å². The topological polar surface area (TPSA) is 150 Å². The van der Waals surface area contributed by atoms with Gasteiger partial charge in [0, 0.05) is 43.1 Å². The summed E-state index contributed by atoms with van der Waals surface area (Å²) in [4.78, 5) is 31.4. The maximum Gasteiger partial charge on any atom is 0.251 e. The van der Waals surface area contributed by atoms with Gasteiger partial charge in [-0.15, -0.1) is 11.3 Å². The lowest BCUT2D eigenvalue weighted by atomic mass is 10.0. The van der Waals surface area contributed by atoms with E-state index < -0.39 is 34.0 Å². The molecule has 11 nitrogen and oxygen atoms in total. The van der Waals surface area contributed by atoms with Gasteiger partial charge in [0.25, 0.3) is 11.8 Å². The number of methoxy groups -OCH3 is 1. The molecule has 0 fully saturated rings. The van der Waals surface area contributed by atoms with Crippen LogP contribution in [0.2, 0.25) is 0 Å². The van der Waals surface area contributed by atoms with Crippen LogP contribution >= 0.6 is 11.3 Å². The van der Waals surface area contributed by atoms with Gasteiger partial charge in [0.05, 0.1) is 48.4 Å². The van der Waals surface area contributed by atoms with Crippen molar-refractivity contribution in [2.24, 2.45) is 0 Å². The number of ether oxygens (including phenoxy) is 1. The molecule has 2 amide bonds. The zero-order chi connectivity index (χ0) is 33.3. The highest BCUT2D eigenvalue weighted by molar-refractivity contribution is 7.92. The number of sulfonamides is 1. The molecular formula is C33H39N5O6S2. The van der Waals surface area contributed by atoms with Gasteiger partial charge in [-0.05, 0) is 48.4 Å². The molecule has 0 saturated heterocycles. The third-order valence-electron chi connectivity index (χ3n) is 7.46. The summed E-state index contributed by atoms with van der Waals surface area (Å²) >= 11 is 1.40. The van der Waals surface area contributed by atoms with Gasteiger partial charge in [-0.25, -0.2) is 13.4 Å². The molecule has 3 unspecified atom stereocenters. The molecule has 0 saturated carbocycles. The number of aliphatic hydroxyl groups excluding tert-OH is 1. The number of carbonyl (C=O) groups is 2. The predicted octanol–water partition coefficient (Wildman–Crippen LogP) is 3.53. The lowest BCUT2D eigenvalue weighted by Crippen LogP contribution is -2.48. The zero-order valence-electron chi connectivity index (χ0n) is 26.1. The van der Waals surface area contributed by atoms with Crippen LogP contribution in [0.15, 0.2) is 83.7 Å². The van der Waals surface area contributed by atoms with Gasteiger partial charge >= 0.3 is 0 Å². The number of anilines is 1. The maximum absolute atomic E-state index is 13.7. The molecule has 0 bridgehead atoms. The molecule has 46 heavy (non-hydrogen) atoms. The summed E-state index contributed by atoms with van der Waals surface area (Å²) in [5.74, 6) is -0.337. The normalized spacial score (nSPS) is 13.3. The molecule has 0 spiro atoms. The van der Waals surface area contributed by atoms with Crippen LogP contribution in [0.25, 0.3) is 0 Å². The SMILES string of the molecule is COc1cccc(CNCC(O)C(Cc2cscn2)NC(=O)c2cc(C(=O)NC(C)c3ccccc3)cc(N(C)S(C)(=O)=O)c2)c1. The number of aromatic nitrogens is 1. The number of aliphatic hydroxyl groups is 1. The highest BCUT2D eigenvalue weighted by atomic mass is 32.2. The zero-order valence-corrected chi connectivity index (χ0v) is 27.8. The Labute approximate surface area is 273 Å². The van der Waals surface area contributed by atoms with Crippen LogP contribution in [0.3, 0.4) is 0 Å². The first kappa shape index (κ1) is 34.6. The van der Waals surface area contributed by atoms with Crippen molar-refractivity contribution in [2.75, 3.05) is 31.3 Å². The van der Waals surface area contributed by atoms with Gasteiger partial charge < -0.3 is 25.8 Å². The van der Waals surface area contributed by atoms with E-state index >= 15 is 0 Å². The van der Waals surface area contributed by atoms with Gasteiger partial charge in [-0.1, -0.05) is 42.5 Å². The second-order valence-electron chi connectivity index (χ2n) is 10.9. The largest absolute Gasteiger partial charge is 0.497 e. The molecule has 0 aliphatic rings. The average Bonchev–Trinajstić information content (AvgIpc) is 3.57. The molecule has 1 heterocycles. The van der Waals surface area contributed by atoms with E-state index in [2.05, 4.69) is 20.9 Å². The summed E-state index contributed by atoms with van der Waals surface area (Å²) < 4.78 is 31.1. The summed E-state index contributed by atoms with van der Waals surface area (Å²) in [7, 11) is -0.763. The lowest BCUT2D eigenvalue weighted by molar-refractivity contribution is 0.0829. The standard InChI is InChI=1S/C33H39N5O6S2/c1-22(24-10-6-5-7-11-24)36-32(40)25-14-26(16-28(15-25)38(2)46(4,42)43)33(41)37-30(17-27-20-45-21-35-27)31(39)19-34-18-23-9-8-12-29(13-23)44-3/h5-16,20-22,30-31,34,39H,17-19H2,1-4H3,(H,36,40)(H,37,41). The maximum atomic E-state index is 13.7. The lowest BCUT2D eigenvalue weighted by Gasteiger charge is -2.25. The smallest absolute Gasteiger partial charge is 0.251 e. The summed E-state index contributed by atoms with van der Waals surface area (Å²) in [5, 5.41) is 22.1. The van der Waals surface area contributed by atoms with E-state index in [0.29, 0.717) is 12.2 Å². The molecule has 244 valence electrons. The minimum Gasteiger partial charge on any atom is -0.497 e. The Kier molecular flexibility index (Phi) is 11.9. The first-order valence-electron chi connectivity index (χ1n) is 14.6. The number of hydrogen-bond acceptors (Lipinski definition) is 9. The van der Waals surface area contributed by atoms with Gasteiger partial charge in [-0.3, -0.25) is 13.9 Å². The number of benzene rings is 3. The number of nitrogens with zero attached hydrogens (tertiary/aromatic N) is 2. The summed E-state index contributed by atoms with van der Waals surface area (Å²) in [5.41, 5.74) is 4.53. The monoisotopic (exact) mass is 665 g/mol. The number of thiazole rings is 1. The van der Waals surface area contributed by atoms with Crippen molar-refractivity contribution < 1.29 is 27.9 Å². The molecule has 0 aliphatic heterocycles. The fraction of sp³-hybridized carbons (Fsp3) is 0.303. The molecule has 1 aromatic heterocycles. The molecule has 13 heteroatoms. The number of carbonyl (C=O) groups excluding carboxylic acids is 2. The third kappa shape index (κ3) is 9.60. The van der Waals surface area contributed by atoms with Crippen molar-refractivity contribution in [3.05, 3.63) is 112 Å². The van der Waals surface area contributed by atoms with E-state index in [9.17, 15) is 23.1 Å². The highest BCUT2D eigenvalue weighted by Gasteiger charge is 2.25. The molecule has 4 aromatic rings. The van der Waals surface area contributed by atoms with Crippen molar-refractivity contribution in [1.82, 2.24) is 20.9 Å². The van der Waals surface area contributed by atoms with Crippen molar-refractivity contribution in [3.63, 3.8) is 0 Å². The molecular weight excluding hydrogens is 627 g/mol. The van der Waals surface area contributed by atoms with E-state index in [1.165, 1.54) is 36.6 Å². The molecule has 4 rings (SSSR count). The minimum absolute atomic E-state index is 0.0605. The van der Waals surface area contributed by atoms with Gasteiger partial charge in [-0.2, -0.15) is 0 Å².